The van der Waals surface area contributed by atoms with E-state index in [9.17, 15) is 0 Å². The van der Waals surface area contributed by atoms with Crippen molar-refractivity contribution in [2.75, 3.05) is 18.1 Å². The molecule has 1 aliphatic rings. The van der Waals surface area contributed by atoms with Crippen LogP contribution in [0.5, 0.6) is 5.75 Å². The summed E-state index contributed by atoms with van der Waals surface area (Å²) in [7, 11) is 0. The van der Waals surface area contributed by atoms with Gasteiger partial charge in [-0.05, 0) is 48.0 Å². The number of unbranched alkanes of at least 4 members (excludes halogenated alkanes) is 5. The molecule has 0 bridgehead atoms. The van der Waals surface area contributed by atoms with Crippen LogP contribution in [0.15, 0.2) is 24.3 Å². The van der Waals surface area contributed by atoms with Crippen LogP contribution < -0.4 is 4.74 Å². The van der Waals surface area contributed by atoms with Gasteiger partial charge in [0.2, 0.25) is 0 Å². The number of benzene rings is 1. The molecular weight excluding hydrogens is 332 g/mol. The number of ether oxygens (including phenoxy) is 1. The second-order valence-corrected chi connectivity index (χ2v) is 9.41. The Bertz CT molecular complexity index is 424. The normalized spacial score (nSPS) is 20.9. The van der Waals surface area contributed by atoms with E-state index < -0.39 is 0 Å². The lowest BCUT2D eigenvalue weighted by molar-refractivity contribution is 0.306. The molecule has 24 heavy (non-hydrogen) atoms. The van der Waals surface area contributed by atoms with Crippen molar-refractivity contribution in [1.82, 2.24) is 0 Å². The first kappa shape index (κ1) is 20.0. The SMILES string of the molecule is CCCCCCC1CSC(c2ccc(OCCCCC)cc2)SC1. The van der Waals surface area contributed by atoms with Gasteiger partial charge in [0.15, 0.2) is 0 Å². The van der Waals surface area contributed by atoms with E-state index in [1.165, 1.54) is 62.0 Å². The molecule has 1 aromatic rings. The summed E-state index contributed by atoms with van der Waals surface area (Å²) in [6.07, 6.45) is 10.7. The third kappa shape index (κ3) is 7.31. The molecule has 136 valence electrons. The molecule has 1 aliphatic heterocycles. The summed E-state index contributed by atoms with van der Waals surface area (Å²) < 4.78 is 6.43. The van der Waals surface area contributed by atoms with E-state index in [1.54, 1.807) is 0 Å². The molecule has 3 heteroatoms. The maximum atomic E-state index is 5.82. The molecule has 0 atom stereocenters. The fourth-order valence-corrected chi connectivity index (χ4v) is 6.19. The van der Waals surface area contributed by atoms with E-state index in [4.69, 9.17) is 4.74 Å². The fourth-order valence-electron chi connectivity index (χ4n) is 3.03. The van der Waals surface area contributed by atoms with E-state index in [1.807, 2.05) is 0 Å². The molecule has 0 amide bonds. The van der Waals surface area contributed by atoms with Crippen LogP contribution in [0.3, 0.4) is 0 Å². The first-order chi connectivity index (χ1) is 11.8. The molecule has 1 aromatic carbocycles. The summed E-state index contributed by atoms with van der Waals surface area (Å²) in [4.78, 5) is 0. The average Bonchev–Trinajstić information content (AvgIpc) is 2.64. The molecule has 0 spiro atoms. The molecule has 2 rings (SSSR count). The molecule has 0 aromatic heterocycles. The number of hydrogen-bond donors (Lipinski definition) is 0. The maximum absolute atomic E-state index is 5.82. The summed E-state index contributed by atoms with van der Waals surface area (Å²) in [6, 6.07) is 8.83. The van der Waals surface area contributed by atoms with E-state index in [0.29, 0.717) is 4.58 Å². The van der Waals surface area contributed by atoms with Crippen LogP contribution in [-0.4, -0.2) is 18.1 Å². The molecular formula is C21H34OS2. The minimum absolute atomic E-state index is 0.617. The third-order valence-corrected chi connectivity index (χ3v) is 7.90. The monoisotopic (exact) mass is 366 g/mol. The molecule has 1 nitrogen and oxygen atoms in total. The Hall–Kier alpha value is -0.280. The Labute approximate surface area is 157 Å². The van der Waals surface area contributed by atoms with Crippen molar-refractivity contribution in [2.24, 2.45) is 5.92 Å². The molecule has 1 heterocycles. The van der Waals surface area contributed by atoms with Crippen LogP contribution in [0, 0.1) is 5.92 Å². The quantitative estimate of drug-likeness (QED) is 0.380. The van der Waals surface area contributed by atoms with Gasteiger partial charge in [-0.2, -0.15) is 0 Å². The van der Waals surface area contributed by atoms with Crippen molar-refractivity contribution >= 4 is 23.5 Å². The van der Waals surface area contributed by atoms with Crippen molar-refractivity contribution in [3.05, 3.63) is 29.8 Å². The lowest BCUT2D eigenvalue weighted by atomic mass is 10.0. The lowest BCUT2D eigenvalue weighted by Gasteiger charge is -2.28. The van der Waals surface area contributed by atoms with Crippen LogP contribution in [0.25, 0.3) is 0 Å². The predicted octanol–water partition coefficient (Wildman–Crippen LogP) is 7.32. The minimum Gasteiger partial charge on any atom is -0.494 e. The topological polar surface area (TPSA) is 9.23 Å². The van der Waals surface area contributed by atoms with Gasteiger partial charge in [0.1, 0.15) is 5.75 Å². The van der Waals surface area contributed by atoms with Gasteiger partial charge in [-0.3, -0.25) is 0 Å². The Morgan fingerprint density at radius 2 is 1.54 bits per heavy atom. The first-order valence-electron chi connectivity index (χ1n) is 9.79. The van der Waals surface area contributed by atoms with Gasteiger partial charge in [-0.25, -0.2) is 0 Å². The van der Waals surface area contributed by atoms with Gasteiger partial charge in [0.25, 0.3) is 0 Å². The Morgan fingerprint density at radius 1 is 0.875 bits per heavy atom. The molecule has 0 N–H and O–H groups in total. The second-order valence-electron chi connectivity index (χ2n) is 6.84. The van der Waals surface area contributed by atoms with Crippen molar-refractivity contribution in [1.29, 1.82) is 0 Å². The first-order valence-corrected chi connectivity index (χ1v) is 11.9. The zero-order valence-electron chi connectivity index (χ0n) is 15.5. The van der Waals surface area contributed by atoms with Gasteiger partial charge in [0.05, 0.1) is 11.2 Å². The second kappa shape index (κ2) is 12.1. The largest absolute Gasteiger partial charge is 0.494 e. The van der Waals surface area contributed by atoms with Crippen molar-refractivity contribution in [3.8, 4) is 5.75 Å². The maximum Gasteiger partial charge on any atom is 0.119 e. The smallest absolute Gasteiger partial charge is 0.119 e. The fraction of sp³-hybridized carbons (Fsp3) is 0.714. The minimum atomic E-state index is 0.617. The number of rotatable bonds is 11. The molecule has 0 radical (unpaired) electrons. The Balaban J connectivity index is 1.68. The highest BCUT2D eigenvalue weighted by atomic mass is 32.2. The van der Waals surface area contributed by atoms with Gasteiger partial charge in [-0.15, -0.1) is 23.5 Å². The van der Waals surface area contributed by atoms with Crippen LogP contribution in [0.4, 0.5) is 0 Å². The van der Waals surface area contributed by atoms with Crippen LogP contribution in [0.2, 0.25) is 0 Å². The predicted molar refractivity (Wildman–Crippen MR) is 111 cm³/mol. The number of thioether (sulfide) groups is 2. The van der Waals surface area contributed by atoms with E-state index >= 15 is 0 Å². The lowest BCUT2D eigenvalue weighted by Crippen LogP contribution is -2.14. The Kier molecular flexibility index (Phi) is 10.1. The number of hydrogen-bond acceptors (Lipinski definition) is 3. The summed E-state index contributed by atoms with van der Waals surface area (Å²) in [5.41, 5.74) is 1.45. The molecule has 0 saturated carbocycles. The molecule has 0 aliphatic carbocycles. The Morgan fingerprint density at radius 3 is 2.21 bits per heavy atom. The van der Waals surface area contributed by atoms with Gasteiger partial charge in [-0.1, -0.05) is 64.5 Å². The highest BCUT2D eigenvalue weighted by Gasteiger charge is 2.23. The summed E-state index contributed by atoms with van der Waals surface area (Å²) in [6.45, 7) is 5.36. The van der Waals surface area contributed by atoms with Crippen molar-refractivity contribution in [3.63, 3.8) is 0 Å². The zero-order chi connectivity index (χ0) is 17.0. The van der Waals surface area contributed by atoms with E-state index in [0.717, 1.165) is 24.7 Å². The molecule has 0 unspecified atom stereocenters. The third-order valence-electron chi connectivity index (χ3n) is 4.60. The van der Waals surface area contributed by atoms with Crippen LogP contribution in [-0.2, 0) is 0 Å². The standard InChI is InChI=1S/C21H34OS2/c1-3-5-7-8-10-18-16-23-21(24-17-18)19-11-13-20(14-12-19)22-15-9-6-4-2/h11-14,18,21H,3-10,15-17H2,1-2H3. The van der Waals surface area contributed by atoms with Crippen LogP contribution in [0.1, 0.15) is 75.4 Å². The summed E-state index contributed by atoms with van der Waals surface area (Å²) in [5, 5.41) is 0. The zero-order valence-corrected chi connectivity index (χ0v) is 17.1. The van der Waals surface area contributed by atoms with Crippen LogP contribution >= 0.6 is 23.5 Å². The molecule has 1 fully saturated rings. The highest BCUT2D eigenvalue weighted by molar-refractivity contribution is 8.16. The van der Waals surface area contributed by atoms with Gasteiger partial charge in [0, 0.05) is 0 Å². The van der Waals surface area contributed by atoms with Gasteiger partial charge < -0.3 is 4.74 Å². The van der Waals surface area contributed by atoms with E-state index in [2.05, 4.69) is 61.6 Å². The summed E-state index contributed by atoms with van der Waals surface area (Å²) >= 11 is 4.28. The highest BCUT2D eigenvalue weighted by Crippen LogP contribution is 2.46. The summed E-state index contributed by atoms with van der Waals surface area (Å²) in [5.74, 6) is 4.61. The van der Waals surface area contributed by atoms with Crippen molar-refractivity contribution < 1.29 is 4.74 Å². The average molecular weight is 367 g/mol. The van der Waals surface area contributed by atoms with Crippen molar-refractivity contribution in [2.45, 2.75) is 69.8 Å². The van der Waals surface area contributed by atoms with E-state index in [-0.39, 0.29) is 0 Å². The molecule has 1 saturated heterocycles. The van der Waals surface area contributed by atoms with Gasteiger partial charge >= 0.3 is 0 Å².